The molecule has 0 atom stereocenters. The zero-order valence-electron chi connectivity index (χ0n) is 17.8. The number of aromatic nitrogens is 2. The molecule has 8 nitrogen and oxygen atoms in total. The number of halogens is 3. The normalized spacial score (nSPS) is 11.5. The third-order valence-electron chi connectivity index (χ3n) is 4.37. The van der Waals surface area contributed by atoms with Crippen LogP contribution >= 0.6 is 0 Å². The Bertz CT molecular complexity index is 1110. The van der Waals surface area contributed by atoms with Crippen LogP contribution in [0.5, 0.6) is 17.2 Å². The third-order valence-corrected chi connectivity index (χ3v) is 4.37. The van der Waals surface area contributed by atoms with E-state index in [9.17, 15) is 18.0 Å². The van der Waals surface area contributed by atoms with Crippen molar-refractivity contribution in [2.45, 2.75) is 12.8 Å². The minimum absolute atomic E-state index is 0.0371. The van der Waals surface area contributed by atoms with Crippen LogP contribution in [0, 0.1) is 0 Å². The highest BCUT2D eigenvalue weighted by Crippen LogP contribution is 2.40. The zero-order valence-corrected chi connectivity index (χ0v) is 17.8. The van der Waals surface area contributed by atoms with Crippen molar-refractivity contribution in [2.24, 2.45) is 0 Å². The number of benzene rings is 2. The highest BCUT2D eigenvalue weighted by Gasteiger charge is 2.29. The largest absolute Gasteiger partial charge is 0.493 e. The second kappa shape index (κ2) is 10.1. The van der Waals surface area contributed by atoms with E-state index in [0.29, 0.717) is 28.4 Å². The summed E-state index contributed by atoms with van der Waals surface area (Å²) in [6.45, 7) is -0.298. The van der Waals surface area contributed by atoms with E-state index < -0.39 is 17.7 Å². The van der Waals surface area contributed by atoms with E-state index >= 15 is 0 Å². The minimum Gasteiger partial charge on any atom is -0.493 e. The van der Waals surface area contributed by atoms with Crippen LogP contribution in [-0.4, -0.2) is 37.5 Å². The molecule has 3 aromatic rings. The van der Waals surface area contributed by atoms with Crippen molar-refractivity contribution in [1.29, 1.82) is 0 Å². The van der Waals surface area contributed by atoms with Gasteiger partial charge in [-0.2, -0.15) is 13.2 Å². The van der Waals surface area contributed by atoms with Gasteiger partial charge in [-0.25, -0.2) is 4.79 Å². The summed E-state index contributed by atoms with van der Waals surface area (Å²) >= 11 is 0. The summed E-state index contributed by atoms with van der Waals surface area (Å²) in [5.41, 5.74) is 0.126. The van der Waals surface area contributed by atoms with E-state index in [1.54, 1.807) is 12.1 Å². The van der Waals surface area contributed by atoms with Gasteiger partial charge in [0.1, 0.15) is 0 Å². The van der Waals surface area contributed by atoms with Crippen LogP contribution in [0.3, 0.4) is 0 Å². The fraction of sp³-hybridized carbons (Fsp3) is 0.227. The van der Waals surface area contributed by atoms with Gasteiger partial charge in [0.25, 0.3) is 5.89 Å². The molecule has 2 aromatic carbocycles. The van der Waals surface area contributed by atoms with Crippen LogP contribution in [0.15, 0.2) is 46.9 Å². The molecule has 0 N–H and O–H groups in total. The Morgan fingerprint density at radius 1 is 1.00 bits per heavy atom. The van der Waals surface area contributed by atoms with E-state index in [0.717, 1.165) is 18.2 Å². The van der Waals surface area contributed by atoms with Crippen molar-refractivity contribution in [3.8, 4) is 28.7 Å². The van der Waals surface area contributed by atoms with Crippen LogP contribution in [0.25, 0.3) is 17.5 Å². The lowest BCUT2D eigenvalue weighted by molar-refractivity contribution is -0.139. The first-order valence-corrected chi connectivity index (χ1v) is 9.40. The Hall–Kier alpha value is -4.02. The van der Waals surface area contributed by atoms with E-state index in [1.165, 1.54) is 39.5 Å². The fourth-order valence-corrected chi connectivity index (χ4v) is 2.76. The molecule has 0 spiro atoms. The molecule has 0 radical (unpaired) electrons. The van der Waals surface area contributed by atoms with Gasteiger partial charge < -0.3 is 23.4 Å². The molecule has 0 unspecified atom stereocenters. The van der Waals surface area contributed by atoms with Crippen LogP contribution in [0.1, 0.15) is 17.0 Å². The van der Waals surface area contributed by atoms with E-state index in [4.69, 9.17) is 23.4 Å². The summed E-state index contributed by atoms with van der Waals surface area (Å²) in [4.78, 5) is 11.9. The molecule has 1 aromatic heterocycles. The smallest absolute Gasteiger partial charge is 0.416 e. The Labute approximate surface area is 186 Å². The SMILES string of the molecule is COc1cc(-c2nnc(COC(=O)/C=C/c3ccc(C(F)(F)F)cc3)o2)cc(OC)c1OC. The summed E-state index contributed by atoms with van der Waals surface area (Å²) < 4.78 is 64.1. The molecule has 33 heavy (non-hydrogen) atoms. The second-order valence-electron chi connectivity index (χ2n) is 6.48. The molecule has 11 heteroatoms. The van der Waals surface area contributed by atoms with Crippen LogP contribution in [-0.2, 0) is 22.3 Å². The van der Waals surface area contributed by atoms with Gasteiger partial charge in [-0.05, 0) is 35.9 Å². The number of hydrogen-bond donors (Lipinski definition) is 0. The second-order valence-corrected chi connectivity index (χ2v) is 6.48. The van der Waals surface area contributed by atoms with Gasteiger partial charge >= 0.3 is 12.1 Å². The predicted octanol–water partition coefficient (Wildman–Crippen LogP) is 4.54. The number of esters is 1. The molecule has 0 saturated carbocycles. The average Bonchev–Trinajstić information content (AvgIpc) is 3.29. The summed E-state index contributed by atoms with van der Waals surface area (Å²) in [6.07, 6.45) is -2.01. The quantitative estimate of drug-likeness (QED) is 0.355. The van der Waals surface area contributed by atoms with Gasteiger partial charge in [0.05, 0.1) is 26.9 Å². The van der Waals surface area contributed by atoms with Gasteiger partial charge in [0.15, 0.2) is 18.1 Å². The molecule has 0 amide bonds. The molecule has 3 rings (SSSR count). The van der Waals surface area contributed by atoms with E-state index in [-0.39, 0.29) is 18.4 Å². The number of methoxy groups -OCH3 is 3. The standard InChI is InChI=1S/C22H19F3N2O6/c1-29-16-10-14(11-17(30-2)20(16)31-3)21-27-26-18(33-21)12-32-19(28)9-6-13-4-7-15(8-5-13)22(23,24)25/h4-11H,12H2,1-3H3/b9-6+. The van der Waals surface area contributed by atoms with Gasteiger partial charge in [-0.1, -0.05) is 12.1 Å². The summed E-state index contributed by atoms with van der Waals surface area (Å²) in [5, 5.41) is 7.75. The maximum Gasteiger partial charge on any atom is 0.416 e. The highest BCUT2D eigenvalue weighted by atomic mass is 19.4. The molecule has 1 heterocycles. The number of rotatable bonds is 8. The third kappa shape index (κ3) is 5.82. The Balaban J connectivity index is 1.63. The topological polar surface area (TPSA) is 92.9 Å². The molecule has 0 saturated heterocycles. The highest BCUT2D eigenvalue weighted by molar-refractivity contribution is 5.87. The van der Waals surface area contributed by atoms with Crippen molar-refractivity contribution in [3.63, 3.8) is 0 Å². The van der Waals surface area contributed by atoms with Crippen molar-refractivity contribution in [1.82, 2.24) is 10.2 Å². The lowest BCUT2D eigenvalue weighted by Gasteiger charge is -2.12. The van der Waals surface area contributed by atoms with E-state index in [1.807, 2.05) is 0 Å². The number of nitrogens with zero attached hydrogens (tertiary/aromatic N) is 2. The molecule has 0 aliphatic rings. The predicted molar refractivity (Wildman–Crippen MR) is 110 cm³/mol. The van der Waals surface area contributed by atoms with Crippen LogP contribution < -0.4 is 14.2 Å². The Kier molecular flexibility index (Phi) is 7.21. The molecule has 0 aliphatic carbocycles. The number of carbonyl (C=O) groups is 1. The first-order valence-electron chi connectivity index (χ1n) is 9.40. The van der Waals surface area contributed by atoms with Crippen molar-refractivity contribution in [3.05, 3.63) is 59.5 Å². The lowest BCUT2D eigenvalue weighted by atomic mass is 10.1. The summed E-state index contributed by atoms with van der Waals surface area (Å²) in [5.74, 6) is 0.633. The Morgan fingerprint density at radius 2 is 1.64 bits per heavy atom. The fourth-order valence-electron chi connectivity index (χ4n) is 2.76. The molecular formula is C22H19F3N2O6. The lowest BCUT2D eigenvalue weighted by Crippen LogP contribution is -2.04. The molecule has 0 aliphatic heterocycles. The van der Waals surface area contributed by atoms with Crippen molar-refractivity contribution < 1.29 is 41.3 Å². The maximum absolute atomic E-state index is 12.6. The summed E-state index contributed by atoms with van der Waals surface area (Å²) in [6, 6.07) is 7.58. The zero-order chi connectivity index (χ0) is 24.0. The maximum atomic E-state index is 12.6. The monoisotopic (exact) mass is 464 g/mol. The first kappa shape index (κ1) is 23.6. The van der Waals surface area contributed by atoms with Crippen molar-refractivity contribution in [2.75, 3.05) is 21.3 Å². The van der Waals surface area contributed by atoms with Gasteiger partial charge in [0.2, 0.25) is 11.6 Å². The number of alkyl halides is 3. The summed E-state index contributed by atoms with van der Waals surface area (Å²) in [7, 11) is 4.42. The van der Waals surface area contributed by atoms with Gasteiger partial charge in [-0.3, -0.25) is 0 Å². The molecule has 174 valence electrons. The minimum atomic E-state index is -4.42. The van der Waals surface area contributed by atoms with Gasteiger partial charge in [-0.15, -0.1) is 10.2 Å². The van der Waals surface area contributed by atoms with Crippen molar-refractivity contribution >= 4 is 12.0 Å². The van der Waals surface area contributed by atoms with E-state index in [2.05, 4.69) is 10.2 Å². The molecular weight excluding hydrogens is 445 g/mol. The number of ether oxygens (including phenoxy) is 4. The number of hydrogen-bond acceptors (Lipinski definition) is 8. The average molecular weight is 464 g/mol. The Morgan fingerprint density at radius 3 is 2.18 bits per heavy atom. The van der Waals surface area contributed by atoms with Gasteiger partial charge in [0, 0.05) is 11.6 Å². The molecule has 0 fully saturated rings. The van der Waals surface area contributed by atoms with Crippen LogP contribution in [0.2, 0.25) is 0 Å². The molecule has 0 bridgehead atoms. The number of carbonyl (C=O) groups excluding carboxylic acids is 1. The van der Waals surface area contributed by atoms with Crippen LogP contribution in [0.4, 0.5) is 13.2 Å². The first-order chi connectivity index (χ1) is 15.7.